The summed E-state index contributed by atoms with van der Waals surface area (Å²) in [7, 11) is 1.78. The first-order valence-corrected chi connectivity index (χ1v) is 6.97. The predicted octanol–water partition coefficient (Wildman–Crippen LogP) is 2.89. The van der Waals surface area contributed by atoms with E-state index in [1.54, 1.807) is 18.0 Å². The molecule has 0 aliphatic carbocycles. The minimum Gasteiger partial charge on any atom is -0.381 e. The molecule has 0 aromatic carbocycles. The van der Waals surface area contributed by atoms with Crippen molar-refractivity contribution in [2.75, 3.05) is 26.8 Å². The van der Waals surface area contributed by atoms with E-state index in [0.29, 0.717) is 23.0 Å². The molecule has 1 amide bonds. The average molecular weight is 303 g/mol. The molecular formula is C13H16Cl2N2O2. The van der Waals surface area contributed by atoms with Crippen LogP contribution < -0.4 is 0 Å². The zero-order valence-electron chi connectivity index (χ0n) is 10.7. The van der Waals surface area contributed by atoms with Gasteiger partial charge in [0.25, 0.3) is 5.91 Å². The molecule has 0 radical (unpaired) electrons. The maximum Gasteiger partial charge on any atom is 0.255 e. The summed E-state index contributed by atoms with van der Waals surface area (Å²) in [5.41, 5.74) is 0.452. The largest absolute Gasteiger partial charge is 0.381 e. The Morgan fingerprint density at radius 1 is 1.58 bits per heavy atom. The van der Waals surface area contributed by atoms with Crippen LogP contribution in [-0.4, -0.2) is 42.6 Å². The summed E-state index contributed by atoms with van der Waals surface area (Å²) >= 11 is 11.6. The van der Waals surface area contributed by atoms with Gasteiger partial charge in [0.2, 0.25) is 0 Å². The van der Waals surface area contributed by atoms with Crippen LogP contribution in [0.2, 0.25) is 10.2 Å². The van der Waals surface area contributed by atoms with Gasteiger partial charge < -0.3 is 9.64 Å². The smallest absolute Gasteiger partial charge is 0.255 e. The molecule has 1 aliphatic heterocycles. The quantitative estimate of drug-likeness (QED) is 0.806. The molecule has 104 valence electrons. The lowest BCUT2D eigenvalue weighted by atomic mass is 10.0. The lowest BCUT2D eigenvalue weighted by Gasteiger charge is -2.27. The van der Waals surface area contributed by atoms with Crippen LogP contribution in [0.5, 0.6) is 0 Å². The Hall–Kier alpha value is -0.840. The van der Waals surface area contributed by atoms with Crippen LogP contribution >= 0.6 is 23.2 Å². The molecule has 2 rings (SSSR count). The number of ether oxygens (including phenoxy) is 1. The number of carbonyl (C=O) groups is 1. The highest BCUT2D eigenvalue weighted by molar-refractivity contribution is 6.41. The number of nitrogens with zero attached hydrogens (tertiary/aromatic N) is 2. The lowest BCUT2D eigenvalue weighted by Crippen LogP contribution is -2.35. The highest BCUT2D eigenvalue weighted by Gasteiger charge is 2.20. The summed E-state index contributed by atoms with van der Waals surface area (Å²) in [5.74, 6) is 0.301. The monoisotopic (exact) mass is 302 g/mol. The van der Waals surface area contributed by atoms with Gasteiger partial charge in [-0.2, -0.15) is 0 Å². The summed E-state index contributed by atoms with van der Waals surface area (Å²) in [6, 6.07) is 1.55. The van der Waals surface area contributed by atoms with Gasteiger partial charge in [-0.05, 0) is 24.8 Å². The first-order valence-electron chi connectivity index (χ1n) is 6.22. The SMILES string of the molecule is CN(CC1CCCOC1)C(=O)c1cnc(Cl)c(Cl)c1. The third-order valence-corrected chi connectivity index (χ3v) is 3.86. The van der Waals surface area contributed by atoms with Gasteiger partial charge in [-0.15, -0.1) is 0 Å². The summed E-state index contributed by atoms with van der Waals surface area (Å²) in [4.78, 5) is 17.8. The number of rotatable bonds is 3. The molecule has 1 aliphatic rings. The van der Waals surface area contributed by atoms with Gasteiger partial charge in [-0.25, -0.2) is 4.98 Å². The van der Waals surface area contributed by atoms with E-state index in [-0.39, 0.29) is 11.1 Å². The maximum absolute atomic E-state index is 12.2. The van der Waals surface area contributed by atoms with E-state index < -0.39 is 0 Å². The normalized spacial score (nSPS) is 19.2. The first-order chi connectivity index (χ1) is 9.08. The topological polar surface area (TPSA) is 42.4 Å². The van der Waals surface area contributed by atoms with Crippen molar-refractivity contribution in [3.63, 3.8) is 0 Å². The van der Waals surface area contributed by atoms with Gasteiger partial charge >= 0.3 is 0 Å². The second-order valence-corrected chi connectivity index (χ2v) is 5.53. The second kappa shape index (κ2) is 6.55. The van der Waals surface area contributed by atoms with Crippen molar-refractivity contribution >= 4 is 29.1 Å². The van der Waals surface area contributed by atoms with Crippen molar-refractivity contribution < 1.29 is 9.53 Å². The standard InChI is InChI=1S/C13H16Cl2N2O2/c1-17(7-9-3-2-4-19-8-9)13(18)10-5-11(14)12(15)16-6-10/h5-6,9H,2-4,7-8H2,1H3. The minimum atomic E-state index is -0.100. The second-order valence-electron chi connectivity index (χ2n) is 4.77. The Morgan fingerprint density at radius 3 is 3.00 bits per heavy atom. The molecule has 0 bridgehead atoms. The van der Waals surface area contributed by atoms with Crippen LogP contribution in [0.3, 0.4) is 0 Å². The summed E-state index contributed by atoms with van der Waals surface area (Å²) in [6.07, 6.45) is 3.60. The minimum absolute atomic E-state index is 0.100. The van der Waals surface area contributed by atoms with Crippen molar-refractivity contribution in [3.8, 4) is 0 Å². The molecular weight excluding hydrogens is 287 g/mol. The van der Waals surface area contributed by atoms with E-state index in [4.69, 9.17) is 27.9 Å². The van der Waals surface area contributed by atoms with E-state index in [2.05, 4.69) is 4.98 Å². The molecule has 19 heavy (non-hydrogen) atoms. The van der Waals surface area contributed by atoms with Crippen molar-refractivity contribution in [2.45, 2.75) is 12.8 Å². The summed E-state index contributed by atoms with van der Waals surface area (Å²) in [6.45, 7) is 2.22. The molecule has 0 N–H and O–H groups in total. The van der Waals surface area contributed by atoms with Crippen LogP contribution in [0.1, 0.15) is 23.2 Å². The molecule has 2 heterocycles. The zero-order valence-corrected chi connectivity index (χ0v) is 12.2. The molecule has 1 atom stereocenters. The van der Waals surface area contributed by atoms with Crippen molar-refractivity contribution in [2.24, 2.45) is 5.92 Å². The number of amides is 1. The fourth-order valence-electron chi connectivity index (χ4n) is 2.18. The van der Waals surface area contributed by atoms with E-state index >= 15 is 0 Å². The molecule has 0 spiro atoms. The van der Waals surface area contributed by atoms with E-state index in [1.165, 1.54) is 6.20 Å². The summed E-state index contributed by atoms with van der Waals surface area (Å²) < 4.78 is 5.41. The third-order valence-electron chi connectivity index (χ3n) is 3.18. The Balaban J connectivity index is 1.99. The lowest BCUT2D eigenvalue weighted by molar-refractivity contribution is 0.0388. The molecule has 1 unspecified atom stereocenters. The fraction of sp³-hybridized carbons (Fsp3) is 0.538. The van der Waals surface area contributed by atoms with Crippen LogP contribution in [-0.2, 0) is 4.74 Å². The van der Waals surface area contributed by atoms with E-state index in [1.807, 2.05) is 0 Å². The average Bonchev–Trinajstić information content (AvgIpc) is 2.42. The Morgan fingerprint density at radius 2 is 2.37 bits per heavy atom. The predicted molar refractivity (Wildman–Crippen MR) is 74.8 cm³/mol. The Bertz CT molecular complexity index is 462. The van der Waals surface area contributed by atoms with Gasteiger partial charge in [0.05, 0.1) is 17.2 Å². The zero-order chi connectivity index (χ0) is 13.8. The molecule has 4 nitrogen and oxygen atoms in total. The van der Waals surface area contributed by atoms with E-state index in [0.717, 1.165) is 26.1 Å². The number of aromatic nitrogens is 1. The number of hydrogen-bond acceptors (Lipinski definition) is 3. The van der Waals surface area contributed by atoms with Crippen molar-refractivity contribution in [1.29, 1.82) is 0 Å². The molecule has 1 aromatic heterocycles. The molecule has 1 aromatic rings. The number of pyridine rings is 1. The Kier molecular flexibility index (Phi) is 5.02. The summed E-state index contributed by atoms with van der Waals surface area (Å²) in [5, 5.41) is 0.503. The maximum atomic E-state index is 12.2. The Labute approximate surface area is 122 Å². The number of carbonyl (C=O) groups excluding carboxylic acids is 1. The van der Waals surface area contributed by atoms with Gasteiger partial charge in [-0.3, -0.25) is 4.79 Å². The van der Waals surface area contributed by atoms with Crippen LogP contribution in [0, 0.1) is 5.92 Å². The molecule has 0 saturated carbocycles. The van der Waals surface area contributed by atoms with Gasteiger partial charge in [0.1, 0.15) is 5.15 Å². The van der Waals surface area contributed by atoms with Gasteiger partial charge in [-0.1, -0.05) is 23.2 Å². The highest BCUT2D eigenvalue weighted by Crippen LogP contribution is 2.21. The molecule has 6 heteroatoms. The molecule has 1 fully saturated rings. The third kappa shape index (κ3) is 3.81. The number of hydrogen-bond donors (Lipinski definition) is 0. The van der Waals surface area contributed by atoms with Gasteiger partial charge in [0.15, 0.2) is 0 Å². The fourth-order valence-corrected chi connectivity index (χ4v) is 2.45. The van der Waals surface area contributed by atoms with Gasteiger partial charge in [0, 0.05) is 26.4 Å². The van der Waals surface area contributed by atoms with Crippen LogP contribution in [0.4, 0.5) is 0 Å². The highest BCUT2D eigenvalue weighted by atomic mass is 35.5. The number of halogens is 2. The molecule has 1 saturated heterocycles. The van der Waals surface area contributed by atoms with E-state index in [9.17, 15) is 4.79 Å². The van der Waals surface area contributed by atoms with Crippen molar-refractivity contribution in [3.05, 3.63) is 28.0 Å². The van der Waals surface area contributed by atoms with Crippen LogP contribution in [0.15, 0.2) is 12.3 Å². The van der Waals surface area contributed by atoms with Crippen LogP contribution in [0.25, 0.3) is 0 Å². The first kappa shape index (κ1) is 14.6. The van der Waals surface area contributed by atoms with Crippen molar-refractivity contribution in [1.82, 2.24) is 9.88 Å².